The minimum atomic E-state index is 0.185. The van der Waals surface area contributed by atoms with Crippen LogP contribution in [0.2, 0.25) is 0 Å². The first-order chi connectivity index (χ1) is 8.20. The topological polar surface area (TPSA) is 30.5 Å². The summed E-state index contributed by atoms with van der Waals surface area (Å²) in [6, 6.07) is 0.195. The fourth-order valence-electron chi connectivity index (χ4n) is 2.26. The molecule has 0 spiro atoms. The van der Waals surface area contributed by atoms with E-state index in [1.807, 2.05) is 0 Å². The molecule has 0 fully saturated rings. The molecule has 1 heterocycles. The summed E-state index contributed by atoms with van der Waals surface area (Å²) in [6.45, 7) is 11.1. The van der Waals surface area contributed by atoms with Crippen LogP contribution in [0.1, 0.15) is 40.5 Å². The molecule has 1 aliphatic heterocycles. The van der Waals surface area contributed by atoms with Crippen molar-refractivity contribution >= 4 is 0 Å². The van der Waals surface area contributed by atoms with Gasteiger partial charge in [-0.05, 0) is 38.3 Å². The molecular weight excluding hydrogens is 214 g/mol. The Kier molecular flexibility index (Phi) is 6.60. The van der Waals surface area contributed by atoms with E-state index in [1.165, 1.54) is 0 Å². The highest BCUT2D eigenvalue weighted by Crippen LogP contribution is 2.22. The Morgan fingerprint density at radius 3 is 2.65 bits per heavy atom. The first-order valence-corrected chi connectivity index (χ1v) is 6.88. The molecule has 2 atom stereocenters. The molecule has 1 rings (SSSR count). The molecular formula is C14H27NO2. The number of likely N-dealkylation sites (N-methyl/N-ethyl adjacent to an activating group) is 1. The second kappa shape index (κ2) is 7.72. The van der Waals surface area contributed by atoms with Gasteiger partial charge in [-0.1, -0.05) is 20.8 Å². The van der Waals surface area contributed by atoms with Crippen LogP contribution in [0.4, 0.5) is 0 Å². The van der Waals surface area contributed by atoms with E-state index in [2.05, 4.69) is 39.1 Å². The zero-order valence-electron chi connectivity index (χ0n) is 11.7. The van der Waals surface area contributed by atoms with Gasteiger partial charge in [-0.2, -0.15) is 0 Å². The van der Waals surface area contributed by atoms with E-state index in [-0.39, 0.29) is 12.1 Å². The largest absolute Gasteiger partial charge is 0.496 e. The summed E-state index contributed by atoms with van der Waals surface area (Å²) in [5.41, 5.74) is 0. The van der Waals surface area contributed by atoms with Crippen LogP contribution >= 0.6 is 0 Å². The highest BCUT2D eigenvalue weighted by atomic mass is 16.5. The summed E-state index contributed by atoms with van der Waals surface area (Å²) in [5, 5.41) is 3.50. The van der Waals surface area contributed by atoms with E-state index < -0.39 is 0 Å². The molecule has 0 aromatic carbocycles. The lowest BCUT2D eigenvalue weighted by atomic mass is 9.96. The molecule has 0 aliphatic carbocycles. The number of ether oxygens (including phenoxy) is 2. The highest BCUT2D eigenvalue weighted by Gasteiger charge is 2.29. The third-order valence-corrected chi connectivity index (χ3v) is 3.04. The monoisotopic (exact) mass is 241 g/mol. The van der Waals surface area contributed by atoms with Crippen LogP contribution in [0.5, 0.6) is 0 Å². The Labute approximate surface area is 106 Å². The summed E-state index contributed by atoms with van der Waals surface area (Å²) in [6.07, 6.45) is 4.65. The van der Waals surface area contributed by atoms with Crippen molar-refractivity contribution in [2.75, 3.05) is 19.8 Å². The smallest absolute Gasteiger partial charge is 0.112 e. The highest BCUT2D eigenvalue weighted by molar-refractivity contribution is 5.09. The quantitative estimate of drug-likeness (QED) is 0.743. The third-order valence-electron chi connectivity index (χ3n) is 3.04. The SMILES string of the molecule is CCNC(C1=CCCCO1)C(OCC)C(C)C. The van der Waals surface area contributed by atoms with Crippen LogP contribution < -0.4 is 5.32 Å². The average molecular weight is 241 g/mol. The van der Waals surface area contributed by atoms with Gasteiger partial charge < -0.3 is 14.8 Å². The van der Waals surface area contributed by atoms with Crippen molar-refractivity contribution in [3.63, 3.8) is 0 Å². The van der Waals surface area contributed by atoms with Gasteiger partial charge in [-0.25, -0.2) is 0 Å². The van der Waals surface area contributed by atoms with E-state index in [0.717, 1.165) is 38.4 Å². The molecule has 0 saturated carbocycles. The normalized spacial score (nSPS) is 19.7. The predicted molar refractivity (Wildman–Crippen MR) is 71.0 cm³/mol. The number of hydrogen-bond donors (Lipinski definition) is 1. The molecule has 0 saturated heterocycles. The molecule has 1 N–H and O–H groups in total. The summed E-state index contributed by atoms with van der Waals surface area (Å²) < 4.78 is 11.7. The summed E-state index contributed by atoms with van der Waals surface area (Å²) in [4.78, 5) is 0. The van der Waals surface area contributed by atoms with Crippen LogP contribution in [0.25, 0.3) is 0 Å². The minimum absolute atomic E-state index is 0.185. The zero-order valence-corrected chi connectivity index (χ0v) is 11.7. The van der Waals surface area contributed by atoms with Gasteiger partial charge in [0.25, 0.3) is 0 Å². The first-order valence-electron chi connectivity index (χ1n) is 6.88. The first kappa shape index (κ1) is 14.5. The molecule has 17 heavy (non-hydrogen) atoms. The van der Waals surface area contributed by atoms with E-state index in [4.69, 9.17) is 9.47 Å². The number of nitrogens with one attached hydrogen (secondary N) is 1. The van der Waals surface area contributed by atoms with Crippen molar-refractivity contribution in [3.8, 4) is 0 Å². The maximum Gasteiger partial charge on any atom is 0.112 e. The maximum absolute atomic E-state index is 5.89. The molecule has 0 radical (unpaired) electrons. The van der Waals surface area contributed by atoms with E-state index in [9.17, 15) is 0 Å². The molecule has 100 valence electrons. The van der Waals surface area contributed by atoms with Crippen molar-refractivity contribution < 1.29 is 9.47 Å². The van der Waals surface area contributed by atoms with Gasteiger partial charge in [0.15, 0.2) is 0 Å². The van der Waals surface area contributed by atoms with Crippen molar-refractivity contribution in [1.82, 2.24) is 5.32 Å². The van der Waals surface area contributed by atoms with Crippen LogP contribution in [-0.2, 0) is 9.47 Å². The van der Waals surface area contributed by atoms with Crippen LogP contribution in [-0.4, -0.2) is 31.9 Å². The minimum Gasteiger partial charge on any atom is -0.496 e. The standard InChI is InChI=1S/C14H27NO2/c1-5-15-13(12-9-7-8-10-17-12)14(11(3)4)16-6-2/h9,11,13-15H,5-8,10H2,1-4H3. The lowest BCUT2D eigenvalue weighted by Gasteiger charge is -2.33. The predicted octanol–water partition coefficient (Wildman–Crippen LogP) is 2.72. The fourth-order valence-corrected chi connectivity index (χ4v) is 2.26. The number of rotatable bonds is 7. The van der Waals surface area contributed by atoms with E-state index in [0.29, 0.717) is 5.92 Å². The molecule has 0 amide bonds. The van der Waals surface area contributed by atoms with Crippen molar-refractivity contribution in [2.45, 2.75) is 52.7 Å². The van der Waals surface area contributed by atoms with Gasteiger partial charge in [0.1, 0.15) is 5.76 Å². The molecule has 3 heteroatoms. The van der Waals surface area contributed by atoms with Crippen LogP contribution in [0.15, 0.2) is 11.8 Å². The number of hydrogen-bond acceptors (Lipinski definition) is 3. The Balaban J connectivity index is 2.76. The number of allylic oxidation sites excluding steroid dienone is 1. The van der Waals surface area contributed by atoms with Gasteiger partial charge >= 0.3 is 0 Å². The summed E-state index contributed by atoms with van der Waals surface area (Å²) >= 11 is 0. The lowest BCUT2D eigenvalue weighted by molar-refractivity contribution is -0.00425. The summed E-state index contributed by atoms with van der Waals surface area (Å²) in [5.74, 6) is 1.55. The van der Waals surface area contributed by atoms with E-state index in [1.54, 1.807) is 0 Å². The summed E-state index contributed by atoms with van der Waals surface area (Å²) in [7, 11) is 0. The van der Waals surface area contributed by atoms with Crippen molar-refractivity contribution in [1.29, 1.82) is 0 Å². The zero-order chi connectivity index (χ0) is 12.7. The van der Waals surface area contributed by atoms with Gasteiger partial charge in [0, 0.05) is 6.61 Å². The van der Waals surface area contributed by atoms with Crippen molar-refractivity contribution in [2.24, 2.45) is 5.92 Å². The van der Waals surface area contributed by atoms with Crippen LogP contribution in [0.3, 0.4) is 0 Å². The van der Waals surface area contributed by atoms with Gasteiger partial charge in [-0.15, -0.1) is 0 Å². The molecule has 1 aliphatic rings. The Hall–Kier alpha value is -0.540. The average Bonchev–Trinajstić information content (AvgIpc) is 2.34. The Bertz CT molecular complexity index is 238. The lowest BCUT2D eigenvalue weighted by Crippen LogP contribution is -2.46. The van der Waals surface area contributed by atoms with Crippen molar-refractivity contribution in [3.05, 3.63) is 11.8 Å². The third kappa shape index (κ3) is 4.32. The molecule has 2 unspecified atom stereocenters. The Morgan fingerprint density at radius 2 is 2.18 bits per heavy atom. The van der Waals surface area contributed by atoms with Crippen LogP contribution in [0, 0.1) is 5.92 Å². The maximum atomic E-state index is 5.89. The van der Waals surface area contributed by atoms with Gasteiger partial charge in [-0.3, -0.25) is 0 Å². The van der Waals surface area contributed by atoms with Gasteiger partial charge in [0.05, 0.1) is 18.8 Å². The molecule has 0 bridgehead atoms. The second-order valence-electron chi connectivity index (χ2n) is 4.80. The van der Waals surface area contributed by atoms with Gasteiger partial charge in [0.2, 0.25) is 0 Å². The molecule has 0 aromatic rings. The Morgan fingerprint density at radius 1 is 1.41 bits per heavy atom. The second-order valence-corrected chi connectivity index (χ2v) is 4.80. The molecule has 3 nitrogen and oxygen atoms in total. The molecule has 0 aromatic heterocycles. The van der Waals surface area contributed by atoms with E-state index >= 15 is 0 Å². The fraction of sp³-hybridized carbons (Fsp3) is 0.857.